The Morgan fingerprint density at radius 1 is 1.26 bits per heavy atom. The van der Waals surface area contributed by atoms with E-state index in [0.717, 1.165) is 5.76 Å². The molecule has 2 rings (SSSR count). The maximum atomic E-state index is 11.4. The van der Waals surface area contributed by atoms with Gasteiger partial charge in [-0.25, -0.2) is 13.6 Å². The van der Waals surface area contributed by atoms with Gasteiger partial charge in [0, 0.05) is 7.05 Å². The molecule has 0 amide bonds. The lowest BCUT2D eigenvalue weighted by atomic mass is 10.2. The summed E-state index contributed by atoms with van der Waals surface area (Å²) >= 11 is 0. The number of primary sulfonamides is 1. The van der Waals surface area contributed by atoms with Gasteiger partial charge < -0.3 is 15.1 Å². The summed E-state index contributed by atoms with van der Waals surface area (Å²) in [5.41, 5.74) is 6.59. The summed E-state index contributed by atoms with van der Waals surface area (Å²) < 4.78 is 28.1. The molecule has 6 nitrogen and oxygen atoms in total. The number of sulfonamides is 1. The highest BCUT2D eigenvalue weighted by molar-refractivity contribution is 7.89. The van der Waals surface area contributed by atoms with Crippen molar-refractivity contribution in [2.45, 2.75) is 11.4 Å². The third-order valence-corrected chi connectivity index (χ3v) is 3.70. The summed E-state index contributed by atoms with van der Waals surface area (Å²) in [6.45, 7) is 0.477. The highest BCUT2D eigenvalue weighted by atomic mass is 32.2. The van der Waals surface area contributed by atoms with Gasteiger partial charge in [0.25, 0.3) is 0 Å². The summed E-state index contributed by atoms with van der Waals surface area (Å²) in [5.74, 6) is 0.753. The largest absolute Gasteiger partial charge is 0.467 e. The number of anilines is 2. The fourth-order valence-corrected chi connectivity index (χ4v) is 2.51. The Labute approximate surface area is 111 Å². The lowest BCUT2D eigenvalue weighted by Gasteiger charge is -2.21. The first-order chi connectivity index (χ1) is 8.89. The summed E-state index contributed by atoms with van der Waals surface area (Å²) in [4.78, 5) is 1.72. The van der Waals surface area contributed by atoms with Gasteiger partial charge in [-0.15, -0.1) is 0 Å². The Hall–Kier alpha value is -1.99. The van der Waals surface area contributed by atoms with Crippen LogP contribution in [-0.4, -0.2) is 15.5 Å². The van der Waals surface area contributed by atoms with Crippen LogP contribution >= 0.6 is 0 Å². The Bertz CT molecular complexity index is 666. The van der Waals surface area contributed by atoms with Gasteiger partial charge in [-0.05, 0) is 24.3 Å². The van der Waals surface area contributed by atoms with Crippen LogP contribution in [0.4, 0.5) is 11.4 Å². The Balaban J connectivity index is 2.35. The first kappa shape index (κ1) is 13.4. The van der Waals surface area contributed by atoms with Crippen molar-refractivity contribution in [2.75, 3.05) is 17.7 Å². The van der Waals surface area contributed by atoms with Crippen LogP contribution in [0.5, 0.6) is 0 Å². The van der Waals surface area contributed by atoms with Gasteiger partial charge in [-0.1, -0.05) is 6.07 Å². The van der Waals surface area contributed by atoms with E-state index >= 15 is 0 Å². The molecule has 7 heteroatoms. The van der Waals surface area contributed by atoms with Gasteiger partial charge >= 0.3 is 0 Å². The molecule has 102 valence electrons. The lowest BCUT2D eigenvalue weighted by Crippen LogP contribution is -2.20. The van der Waals surface area contributed by atoms with E-state index in [1.54, 1.807) is 36.4 Å². The normalized spacial score (nSPS) is 11.5. The Morgan fingerprint density at radius 3 is 2.58 bits per heavy atom. The predicted octanol–water partition coefficient (Wildman–Crippen LogP) is 1.15. The molecule has 0 saturated carbocycles. The van der Waals surface area contributed by atoms with Crippen LogP contribution in [0.15, 0.2) is 45.9 Å². The molecule has 0 fully saturated rings. The zero-order chi connectivity index (χ0) is 14.0. The first-order valence-electron chi connectivity index (χ1n) is 5.54. The van der Waals surface area contributed by atoms with Crippen LogP contribution in [0.2, 0.25) is 0 Å². The van der Waals surface area contributed by atoms with Crippen molar-refractivity contribution in [3.63, 3.8) is 0 Å². The minimum Gasteiger partial charge on any atom is -0.467 e. The average Bonchev–Trinajstić information content (AvgIpc) is 2.80. The fourth-order valence-electron chi connectivity index (χ4n) is 1.83. The molecule has 0 bridgehead atoms. The maximum Gasteiger partial charge on any atom is 0.240 e. The van der Waals surface area contributed by atoms with Crippen molar-refractivity contribution >= 4 is 21.4 Å². The molecule has 0 aliphatic heterocycles. The van der Waals surface area contributed by atoms with E-state index in [9.17, 15) is 8.42 Å². The van der Waals surface area contributed by atoms with E-state index in [2.05, 4.69) is 0 Å². The van der Waals surface area contributed by atoms with Crippen LogP contribution in [0, 0.1) is 0 Å². The van der Waals surface area contributed by atoms with E-state index in [-0.39, 0.29) is 10.6 Å². The molecular formula is C12H15N3O3S. The summed E-state index contributed by atoms with van der Waals surface area (Å²) in [6.07, 6.45) is 1.58. The number of benzene rings is 1. The van der Waals surface area contributed by atoms with E-state index < -0.39 is 10.0 Å². The van der Waals surface area contributed by atoms with Gasteiger partial charge in [0.2, 0.25) is 10.0 Å². The lowest BCUT2D eigenvalue weighted by molar-refractivity contribution is 0.507. The van der Waals surface area contributed by atoms with E-state index in [0.29, 0.717) is 12.2 Å². The predicted molar refractivity (Wildman–Crippen MR) is 73.0 cm³/mol. The van der Waals surface area contributed by atoms with Crippen LogP contribution < -0.4 is 15.8 Å². The maximum absolute atomic E-state index is 11.4. The van der Waals surface area contributed by atoms with E-state index in [4.69, 9.17) is 15.3 Å². The summed E-state index contributed by atoms with van der Waals surface area (Å²) in [6, 6.07) is 8.33. The smallest absolute Gasteiger partial charge is 0.240 e. The fraction of sp³-hybridized carbons (Fsp3) is 0.167. The number of nitrogen functional groups attached to an aromatic ring is 1. The number of hydrogen-bond donors (Lipinski definition) is 2. The molecule has 0 spiro atoms. The second-order valence-corrected chi connectivity index (χ2v) is 5.70. The Kier molecular flexibility index (Phi) is 3.50. The van der Waals surface area contributed by atoms with Crippen molar-refractivity contribution in [1.82, 2.24) is 0 Å². The molecule has 2 aromatic rings. The molecule has 0 aliphatic carbocycles. The summed E-state index contributed by atoms with van der Waals surface area (Å²) in [7, 11) is -2.03. The van der Waals surface area contributed by atoms with E-state index in [1.807, 2.05) is 6.07 Å². The monoisotopic (exact) mass is 281 g/mol. The number of furan rings is 1. The van der Waals surface area contributed by atoms with Crippen molar-refractivity contribution < 1.29 is 12.8 Å². The molecule has 0 radical (unpaired) electrons. The highest BCUT2D eigenvalue weighted by Gasteiger charge is 2.17. The summed E-state index contributed by atoms with van der Waals surface area (Å²) in [5, 5.41) is 5.12. The molecule has 0 atom stereocenters. The van der Waals surface area contributed by atoms with Crippen LogP contribution in [-0.2, 0) is 16.6 Å². The van der Waals surface area contributed by atoms with Crippen LogP contribution in [0.1, 0.15) is 5.76 Å². The minimum atomic E-state index is -3.83. The number of rotatable bonds is 4. The molecule has 1 aromatic carbocycles. The molecule has 1 heterocycles. The van der Waals surface area contributed by atoms with Crippen LogP contribution in [0.25, 0.3) is 0 Å². The second-order valence-electron chi connectivity index (χ2n) is 4.17. The van der Waals surface area contributed by atoms with Gasteiger partial charge in [0.05, 0.1) is 24.2 Å². The standard InChI is InChI=1S/C12H15N3O3S/c1-15(8-9-4-3-7-18-9)10-5-2-6-11(12(10)13)19(14,16)17/h2-7H,8,13H2,1H3,(H2,14,16,17). The molecular weight excluding hydrogens is 266 g/mol. The molecule has 1 aromatic heterocycles. The molecule has 4 N–H and O–H groups in total. The second kappa shape index (κ2) is 4.94. The Morgan fingerprint density at radius 2 is 2.00 bits per heavy atom. The van der Waals surface area contributed by atoms with Gasteiger partial charge in [0.1, 0.15) is 10.7 Å². The SMILES string of the molecule is CN(Cc1ccco1)c1cccc(S(N)(=O)=O)c1N. The highest BCUT2D eigenvalue weighted by Crippen LogP contribution is 2.29. The quantitative estimate of drug-likeness (QED) is 0.818. The third-order valence-electron chi connectivity index (χ3n) is 2.73. The zero-order valence-corrected chi connectivity index (χ0v) is 11.2. The van der Waals surface area contributed by atoms with Crippen molar-refractivity contribution in [3.05, 3.63) is 42.4 Å². The molecule has 0 aliphatic rings. The number of hydrogen-bond acceptors (Lipinski definition) is 5. The molecule has 0 unspecified atom stereocenters. The van der Waals surface area contributed by atoms with Gasteiger partial charge in [-0.2, -0.15) is 0 Å². The molecule has 19 heavy (non-hydrogen) atoms. The van der Waals surface area contributed by atoms with Gasteiger partial charge in [0.15, 0.2) is 0 Å². The van der Waals surface area contributed by atoms with Gasteiger partial charge in [-0.3, -0.25) is 0 Å². The van der Waals surface area contributed by atoms with E-state index in [1.165, 1.54) is 6.07 Å². The van der Waals surface area contributed by atoms with Crippen molar-refractivity contribution in [1.29, 1.82) is 0 Å². The van der Waals surface area contributed by atoms with Crippen molar-refractivity contribution in [3.8, 4) is 0 Å². The minimum absolute atomic E-state index is 0.0729. The average molecular weight is 281 g/mol. The molecule has 0 saturated heterocycles. The zero-order valence-electron chi connectivity index (χ0n) is 10.4. The number of nitrogens with zero attached hydrogens (tertiary/aromatic N) is 1. The number of nitrogens with two attached hydrogens (primary N) is 2. The number of para-hydroxylation sites is 1. The first-order valence-corrected chi connectivity index (χ1v) is 7.09. The third kappa shape index (κ3) is 2.88. The van der Waals surface area contributed by atoms with Crippen molar-refractivity contribution in [2.24, 2.45) is 5.14 Å². The van der Waals surface area contributed by atoms with Crippen LogP contribution in [0.3, 0.4) is 0 Å². The topological polar surface area (TPSA) is 103 Å².